The SMILES string of the molecule is NC(=O)[C@@H]1CCCN(C(=O)COC(=O)c2cc(F)ccc2Br)C1. The predicted octanol–water partition coefficient (Wildman–Crippen LogP) is 1.47. The molecule has 1 aliphatic heterocycles. The summed E-state index contributed by atoms with van der Waals surface area (Å²) in [6, 6.07) is 3.61. The lowest BCUT2D eigenvalue weighted by molar-refractivity contribution is -0.137. The number of esters is 1. The first kappa shape index (κ1) is 17.4. The van der Waals surface area contributed by atoms with Crippen LogP contribution in [0.25, 0.3) is 0 Å². The van der Waals surface area contributed by atoms with Gasteiger partial charge >= 0.3 is 5.97 Å². The van der Waals surface area contributed by atoms with Crippen molar-refractivity contribution >= 4 is 33.7 Å². The van der Waals surface area contributed by atoms with Crippen LogP contribution < -0.4 is 5.73 Å². The zero-order chi connectivity index (χ0) is 17.0. The van der Waals surface area contributed by atoms with E-state index in [2.05, 4.69) is 15.9 Å². The highest BCUT2D eigenvalue weighted by Gasteiger charge is 2.27. The van der Waals surface area contributed by atoms with E-state index in [0.29, 0.717) is 23.9 Å². The molecule has 2 rings (SSSR count). The predicted molar refractivity (Wildman–Crippen MR) is 82.9 cm³/mol. The van der Waals surface area contributed by atoms with Gasteiger partial charge < -0.3 is 15.4 Å². The second kappa shape index (κ2) is 7.54. The third-order valence-electron chi connectivity index (χ3n) is 3.65. The van der Waals surface area contributed by atoms with Crippen LogP contribution in [0.2, 0.25) is 0 Å². The molecule has 0 aliphatic carbocycles. The fourth-order valence-electron chi connectivity index (χ4n) is 2.39. The van der Waals surface area contributed by atoms with Gasteiger partial charge in [-0.2, -0.15) is 0 Å². The number of ether oxygens (including phenoxy) is 1. The van der Waals surface area contributed by atoms with E-state index in [4.69, 9.17) is 10.5 Å². The van der Waals surface area contributed by atoms with Crippen molar-refractivity contribution in [2.45, 2.75) is 12.8 Å². The van der Waals surface area contributed by atoms with Crippen molar-refractivity contribution in [2.24, 2.45) is 11.7 Å². The van der Waals surface area contributed by atoms with Crippen molar-refractivity contribution in [3.05, 3.63) is 34.1 Å². The Morgan fingerprint density at radius 1 is 1.39 bits per heavy atom. The van der Waals surface area contributed by atoms with Gasteiger partial charge in [-0.1, -0.05) is 0 Å². The average Bonchev–Trinajstić information content (AvgIpc) is 2.54. The monoisotopic (exact) mass is 386 g/mol. The average molecular weight is 387 g/mol. The lowest BCUT2D eigenvalue weighted by Crippen LogP contribution is -2.45. The van der Waals surface area contributed by atoms with E-state index < -0.39 is 30.2 Å². The highest BCUT2D eigenvalue weighted by atomic mass is 79.9. The van der Waals surface area contributed by atoms with Crippen LogP contribution in [0.5, 0.6) is 0 Å². The molecule has 0 spiro atoms. The topological polar surface area (TPSA) is 89.7 Å². The van der Waals surface area contributed by atoms with Crippen molar-refractivity contribution in [3.63, 3.8) is 0 Å². The molecule has 2 amide bonds. The van der Waals surface area contributed by atoms with Crippen LogP contribution in [0.15, 0.2) is 22.7 Å². The first-order valence-corrected chi connectivity index (χ1v) is 7.87. The molecular weight excluding hydrogens is 371 g/mol. The fourth-order valence-corrected chi connectivity index (χ4v) is 2.79. The van der Waals surface area contributed by atoms with Gasteiger partial charge in [0.05, 0.1) is 11.5 Å². The third-order valence-corrected chi connectivity index (χ3v) is 4.34. The van der Waals surface area contributed by atoms with Gasteiger partial charge in [-0.05, 0) is 47.0 Å². The Morgan fingerprint density at radius 2 is 2.13 bits per heavy atom. The number of primary amides is 1. The highest BCUT2D eigenvalue weighted by molar-refractivity contribution is 9.10. The molecular formula is C15H16BrFN2O4. The largest absolute Gasteiger partial charge is 0.452 e. The quantitative estimate of drug-likeness (QED) is 0.793. The maximum Gasteiger partial charge on any atom is 0.339 e. The van der Waals surface area contributed by atoms with Crippen LogP contribution in [0.1, 0.15) is 23.2 Å². The normalized spacial score (nSPS) is 17.7. The van der Waals surface area contributed by atoms with Gasteiger partial charge in [0.2, 0.25) is 5.91 Å². The van der Waals surface area contributed by atoms with Crippen molar-refractivity contribution < 1.29 is 23.5 Å². The second-order valence-corrected chi connectivity index (χ2v) is 6.14. The molecule has 8 heteroatoms. The van der Waals surface area contributed by atoms with E-state index in [-0.39, 0.29) is 18.0 Å². The van der Waals surface area contributed by atoms with Crippen LogP contribution in [-0.4, -0.2) is 42.4 Å². The molecule has 23 heavy (non-hydrogen) atoms. The van der Waals surface area contributed by atoms with E-state index in [0.717, 1.165) is 6.07 Å². The van der Waals surface area contributed by atoms with Crippen LogP contribution >= 0.6 is 15.9 Å². The molecule has 1 saturated heterocycles. The van der Waals surface area contributed by atoms with E-state index in [9.17, 15) is 18.8 Å². The summed E-state index contributed by atoms with van der Waals surface area (Å²) in [7, 11) is 0. The van der Waals surface area contributed by atoms with E-state index in [1.165, 1.54) is 17.0 Å². The summed E-state index contributed by atoms with van der Waals surface area (Å²) in [6.45, 7) is 0.256. The molecule has 0 unspecified atom stereocenters. The number of nitrogens with two attached hydrogens (primary N) is 1. The minimum absolute atomic E-state index is 0.00598. The summed E-state index contributed by atoms with van der Waals surface area (Å²) in [6.07, 6.45) is 1.32. The number of piperidine rings is 1. The third kappa shape index (κ3) is 4.51. The van der Waals surface area contributed by atoms with Gasteiger partial charge in [0.15, 0.2) is 6.61 Å². The summed E-state index contributed by atoms with van der Waals surface area (Å²) in [5.74, 6) is -2.60. The maximum atomic E-state index is 13.2. The minimum Gasteiger partial charge on any atom is -0.452 e. The first-order chi connectivity index (χ1) is 10.9. The Hall–Kier alpha value is -1.96. The molecule has 2 N–H and O–H groups in total. The number of carbonyl (C=O) groups is 3. The zero-order valence-corrected chi connectivity index (χ0v) is 13.8. The summed E-state index contributed by atoms with van der Waals surface area (Å²) < 4.78 is 18.5. The second-order valence-electron chi connectivity index (χ2n) is 5.28. The van der Waals surface area contributed by atoms with E-state index in [1.54, 1.807) is 0 Å². The lowest BCUT2D eigenvalue weighted by atomic mass is 9.97. The van der Waals surface area contributed by atoms with Gasteiger partial charge in [0.25, 0.3) is 5.91 Å². The van der Waals surface area contributed by atoms with Crippen LogP contribution in [0.4, 0.5) is 4.39 Å². The molecule has 1 aromatic rings. The molecule has 1 aromatic carbocycles. The smallest absolute Gasteiger partial charge is 0.339 e. The Labute approximate surface area is 140 Å². The fraction of sp³-hybridized carbons (Fsp3) is 0.400. The Kier molecular flexibility index (Phi) is 5.70. The number of likely N-dealkylation sites (tertiary alicyclic amines) is 1. The standard InChI is InChI=1S/C15H16BrFN2O4/c16-12-4-3-10(17)6-11(12)15(22)23-8-13(20)19-5-1-2-9(7-19)14(18)21/h3-4,6,9H,1-2,5,7-8H2,(H2,18,21)/t9-/m1/s1. The van der Waals surface area contributed by atoms with Gasteiger partial charge in [-0.3, -0.25) is 9.59 Å². The van der Waals surface area contributed by atoms with E-state index in [1.807, 2.05) is 0 Å². The molecule has 0 bridgehead atoms. The molecule has 124 valence electrons. The minimum atomic E-state index is -0.798. The van der Waals surface area contributed by atoms with Crippen molar-refractivity contribution in [1.82, 2.24) is 4.90 Å². The van der Waals surface area contributed by atoms with Gasteiger partial charge in [0, 0.05) is 17.6 Å². The highest BCUT2D eigenvalue weighted by Crippen LogP contribution is 2.19. The van der Waals surface area contributed by atoms with Crippen molar-refractivity contribution in [2.75, 3.05) is 19.7 Å². The molecule has 6 nitrogen and oxygen atoms in total. The molecule has 1 fully saturated rings. The number of benzene rings is 1. The van der Waals surface area contributed by atoms with Gasteiger partial charge in [-0.15, -0.1) is 0 Å². The van der Waals surface area contributed by atoms with E-state index >= 15 is 0 Å². The van der Waals surface area contributed by atoms with Crippen LogP contribution in [-0.2, 0) is 14.3 Å². The molecule has 0 aromatic heterocycles. The number of nitrogens with zero attached hydrogens (tertiary/aromatic N) is 1. The number of hydrogen-bond acceptors (Lipinski definition) is 4. The zero-order valence-electron chi connectivity index (χ0n) is 12.3. The summed E-state index contributed by atoms with van der Waals surface area (Å²) >= 11 is 3.12. The van der Waals surface area contributed by atoms with Crippen molar-refractivity contribution in [1.29, 1.82) is 0 Å². The number of rotatable bonds is 4. The number of amides is 2. The van der Waals surface area contributed by atoms with Crippen molar-refractivity contribution in [3.8, 4) is 0 Å². The number of hydrogen-bond donors (Lipinski definition) is 1. The van der Waals surface area contributed by atoms with Crippen LogP contribution in [0.3, 0.4) is 0 Å². The first-order valence-electron chi connectivity index (χ1n) is 7.07. The Bertz CT molecular complexity index is 638. The number of carbonyl (C=O) groups excluding carboxylic acids is 3. The summed E-state index contributed by atoms with van der Waals surface area (Å²) in [4.78, 5) is 36.6. The molecule has 0 saturated carbocycles. The molecule has 0 radical (unpaired) electrons. The molecule has 1 heterocycles. The molecule has 1 aliphatic rings. The number of halogens is 2. The van der Waals surface area contributed by atoms with Gasteiger partial charge in [0.1, 0.15) is 5.82 Å². The van der Waals surface area contributed by atoms with Crippen LogP contribution in [0, 0.1) is 11.7 Å². The molecule has 1 atom stereocenters. The Balaban J connectivity index is 1.92. The maximum absolute atomic E-state index is 13.2. The van der Waals surface area contributed by atoms with Gasteiger partial charge in [-0.25, -0.2) is 9.18 Å². The Morgan fingerprint density at radius 3 is 2.83 bits per heavy atom. The summed E-state index contributed by atoms with van der Waals surface area (Å²) in [5, 5.41) is 0. The lowest BCUT2D eigenvalue weighted by Gasteiger charge is -2.31. The summed E-state index contributed by atoms with van der Waals surface area (Å²) in [5.41, 5.74) is 5.26.